The lowest BCUT2D eigenvalue weighted by Crippen LogP contribution is -2.23. The molecule has 0 spiro atoms. The van der Waals surface area contributed by atoms with Gasteiger partial charge in [-0.05, 0) is 19.9 Å². The maximum atomic E-state index is 13.1. The number of rotatable bonds is 6. The van der Waals surface area contributed by atoms with E-state index in [-0.39, 0.29) is 11.9 Å². The molecule has 4 rings (SSSR count). The summed E-state index contributed by atoms with van der Waals surface area (Å²) in [7, 11) is 0. The molecule has 1 aromatic carbocycles. The number of fused-ring (bicyclic) bond motifs is 1. The smallest absolute Gasteiger partial charge is 0.252 e. The van der Waals surface area contributed by atoms with Crippen molar-refractivity contribution < 1.29 is 4.79 Å². The topological polar surface area (TPSA) is 72.7 Å². The molecule has 0 atom stereocenters. The van der Waals surface area contributed by atoms with Gasteiger partial charge in [-0.15, -0.1) is 11.3 Å². The van der Waals surface area contributed by atoms with Crippen LogP contribution < -0.4 is 5.32 Å². The number of nitrogens with zero attached hydrogens (tertiary/aromatic N) is 4. The van der Waals surface area contributed by atoms with Gasteiger partial charge in [-0.1, -0.05) is 44.2 Å². The SMILES string of the molecule is CC(C)c1nc(CNC(=O)c2cc(-c3ccccc3)nc3c2cnn3C(C)C)cs1. The van der Waals surface area contributed by atoms with Gasteiger partial charge in [0.1, 0.15) is 0 Å². The number of benzene rings is 1. The average Bonchev–Trinajstić information content (AvgIpc) is 3.39. The Bertz CT molecular complexity index is 1180. The Labute approximate surface area is 180 Å². The van der Waals surface area contributed by atoms with E-state index in [0.717, 1.165) is 27.3 Å². The largest absolute Gasteiger partial charge is 0.346 e. The van der Waals surface area contributed by atoms with Gasteiger partial charge in [0.2, 0.25) is 0 Å². The van der Waals surface area contributed by atoms with E-state index < -0.39 is 0 Å². The number of amides is 1. The number of aromatic nitrogens is 4. The zero-order chi connectivity index (χ0) is 21.3. The van der Waals surface area contributed by atoms with Gasteiger partial charge >= 0.3 is 0 Å². The van der Waals surface area contributed by atoms with Crippen LogP contribution in [0, 0.1) is 0 Å². The van der Waals surface area contributed by atoms with Crippen molar-refractivity contribution in [1.82, 2.24) is 25.1 Å². The van der Waals surface area contributed by atoms with Crippen LogP contribution >= 0.6 is 11.3 Å². The third-order valence-corrected chi connectivity index (χ3v) is 6.06. The Hall–Kier alpha value is -3.06. The summed E-state index contributed by atoms with van der Waals surface area (Å²) in [6.45, 7) is 8.73. The molecule has 0 aliphatic carbocycles. The Kier molecular flexibility index (Phi) is 5.63. The second-order valence-electron chi connectivity index (χ2n) is 7.86. The van der Waals surface area contributed by atoms with Gasteiger partial charge in [0.05, 0.1) is 40.1 Å². The van der Waals surface area contributed by atoms with Gasteiger partial charge < -0.3 is 5.32 Å². The minimum Gasteiger partial charge on any atom is -0.346 e. The maximum Gasteiger partial charge on any atom is 0.252 e. The molecule has 154 valence electrons. The first-order valence-electron chi connectivity index (χ1n) is 10.1. The summed E-state index contributed by atoms with van der Waals surface area (Å²) in [5.74, 6) is 0.233. The van der Waals surface area contributed by atoms with E-state index in [2.05, 4.69) is 43.1 Å². The number of carbonyl (C=O) groups is 1. The van der Waals surface area contributed by atoms with E-state index in [4.69, 9.17) is 4.98 Å². The first-order chi connectivity index (χ1) is 14.4. The molecular weight excluding hydrogens is 394 g/mol. The van der Waals surface area contributed by atoms with Crippen molar-refractivity contribution in [3.8, 4) is 11.3 Å². The molecule has 1 N–H and O–H groups in total. The maximum absolute atomic E-state index is 13.1. The summed E-state index contributed by atoms with van der Waals surface area (Å²) in [6.07, 6.45) is 1.73. The van der Waals surface area contributed by atoms with Gasteiger partial charge in [-0.25, -0.2) is 14.6 Å². The van der Waals surface area contributed by atoms with Crippen molar-refractivity contribution in [2.75, 3.05) is 0 Å². The van der Waals surface area contributed by atoms with Crippen LogP contribution in [0.4, 0.5) is 0 Å². The molecule has 0 radical (unpaired) electrons. The van der Waals surface area contributed by atoms with E-state index in [1.807, 2.05) is 46.5 Å². The molecular formula is C23H25N5OS. The molecule has 6 nitrogen and oxygen atoms in total. The number of carbonyl (C=O) groups excluding carboxylic acids is 1. The van der Waals surface area contributed by atoms with Crippen LogP contribution in [0.1, 0.15) is 60.7 Å². The minimum atomic E-state index is -0.151. The summed E-state index contributed by atoms with van der Waals surface area (Å²) in [5, 5.41) is 11.3. The fraction of sp³-hybridized carbons (Fsp3) is 0.304. The minimum absolute atomic E-state index is 0.140. The number of thiazole rings is 1. The molecule has 0 fully saturated rings. The molecule has 0 saturated heterocycles. The lowest BCUT2D eigenvalue weighted by atomic mass is 10.1. The van der Waals surface area contributed by atoms with Crippen molar-refractivity contribution in [3.05, 3.63) is 64.2 Å². The predicted octanol–water partition coefficient (Wildman–Crippen LogP) is 5.19. The molecule has 4 aromatic rings. The summed E-state index contributed by atoms with van der Waals surface area (Å²) < 4.78 is 1.86. The van der Waals surface area contributed by atoms with Crippen LogP contribution in [-0.2, 0) is 6.54 Å². The van der Waals surface area contributed by atoms with Gasteiger partial charge in [0.25, 0.3) is 5.91 Å². The van der Waals surface area contributed by atoms with E-state index in [0.29, 0.717) is 23.7 Å². The third-order valence-electron chi connectivity index (χ3n) is 4.86. The fourth-order valence-electron chi connectivity index (χ4n) is 3.28. The highest BCUT2D eigenvalue weighted by atomic mass is 32.1. The van der Waals surface area contributed by atoms with Crippen LogP contribution in [0.25, 0.3) is 22.3 Å². The van der Waals surface area contributed by atoms with E-state index in [9.17, 15) is 4.79 Å². The highest BCUT2D eigenvalue weighted by Crippen LogP contribution is 2.26. The molecule has 0 aliphatic heterocycles. The van der Waals surface area contributed by atoms with Crippen LogP contribution in [0.15, 0.2) is 48.0 Å². The van der Waals surface area contributed by atoms with Gasteiger partial charge in [0.15, 0.2) is 5.65 Å². The third kappa shape index (κ3) is 3.98. The monoisotopic (exact) mass is 419 g/mol. The first-order valence-corrected chi connectivity index (χ1v) is 11.0. The molecule has 0 aliphatic rings. The normalized spacial score (nSPS) is 11.5. The van der Waals surface area contributed by atoms with Gasteiger partial charge in [-0.2, -0.15) is 5.10 Å². The number of pyridine rings is 1. The van der Waals surface area contributed by atoms with Crippen molar-refractivity contribution >= 4 is 28.3 Å². The van der Waals surface area contributed by atoms with Crippen LogP contribution in [0.5, 0.6) is 0 Å². The van der Waals surface area contributed by atoms with Crippen molar-refractivity contribution in [2.24, 2.45) is 0 Å². The van der Waals surface area contributed by atoms with Crippen molar-refractivity contribution in [3.63, 3.8) is 0 Å². The lowest BCUT2D eigenvalue weighted by molar-refractivity contribution is 0.0952. The number of hydrogen-bond acceptors (Lipinski definition) is 5. The lowest BCUT2D eigenvalue weighted by Gasteiger charge is -2.11. The second kappa shape index (κ2) is 8.36. The Morgan fingerprint density at radius 1 is 1.13 bits per heavy atom. The highest BCUT2D eigenvalue weighted by molar-refractivity contribution is 7.09. The van der Waals surface area contributed by atoms with Crippen LogP contribution in [0.3, 0.4) is 0 Å². The first kappa shape index (κ1) is 20.2. The number of hydrogen-bond donors (Lipinski definition) is 1. The van der Waals surface area contributed by atoms with Crippen molar-refractivity contribution in [2.45, 2.75) is 46.2 Å². The van der Waals surface area contributed by atoms with Crippen molar-refractivity contribution in [1.29, 1.82) is 0 Å². The Morgan fingerprint density at radius 3 is 2.57 bits per heavy atom. The Balaban J connectivity index is 1.70. The van der Waals surface area contributed by atoms with Crippen LogP contribution in [-0.4, -0.2) is 25.7 Å². The van der Waals surface area contributed by atoms with E-state index in [1.54, 1.807) is 17.5 Å². The second-order valence-corrected chi connectivity index (χ2v) is 8.75. The molecule has 3 heterocycles. The van der Waals surface area contributed by atoms with Gasteiger partial charge in [-0.3, -0.25) is 4.79 Å². The summed E-state index contributed by atoms with van der Waals surface area (Å²) in [5.41, 5.74) is 3.89. The molecule has 30 heavy (non-hydrogen) atoms. The van der Waals surface area contributed by atoms with Gasteiger partial charge in [0, 0.05) is 22.9 Å². The molecule has 0 saturated carbocycles. The Morgan fingerprint density at radius 2 is 1.90 bits per heavy atom. The summed E-state index contributed by atoms with van der Waals surface area (Å²) in [4.78, 5) is 22.6. The predicted molar refractivity (Wildman–Crippen MR) is 121 cm³/mol. The molecule has 3 aromatic heterocycles. The molecule has 0 unspecified atom stereocenters. The van der Waals surface area contributed by atoms with E-state index >= 15 is 0 Å². The zero-order valence-electron chi connectivity index (χ0n) is 17.6. The summed E-state index contributed by atoms with van der Waals surface area (Å²) in [6, 6.07) is 11.9. The van der Waals surface area contributed by atoms with Crippen LogP contribution in [0.2, 0.25) is 0 Å². The molecule has 1 amide bonds. The summed E-state index contributed by atoms with van der Waals surface area (Å²) >= 11 is 1.63. The molecule has 0 bridgehead atoms. The van der Waals surface area contributed by atoms with E-state index in [1.165, 1.54) is 0 Å². The quantitative estimate of drug-likeness (QED) is 0.467. The standard InChI is InChI=1S/C23H25N5OS/c1-14(2)23-26-17(13-30-23)11-24-22(29)18-10-20(16-8-6-5-7-9-16)27-21-19(18)12-25-28(21)15(3)4/h5-10,12-15H,11H2,1-4H3,(H,24,29). The number of nitrogens with one attached hydrogen (secondary N) is 1. The fourth-order valence-corrected chi connectivity index (χ4v) is 4.11. The average molecular weight is 420 g/mol. The zero-order valence-corrected chi connectivity index (χ0v) is 18.4. The molecule has 7 heteroatoms. The highest BCUT2D eigenvalue weighted by Gasteiger charge is 2.19.